The van der Waals surface area contributed by atoms with Gasteiger partial charge in [-0.3, -0.25) is 9.36 Å². The summed E-state index contributed by atoms with van der Waals surface area (Å²) in [5.74, 6) is -0.214. The summed E-state index contributed by atoms with van der Waals surface area (Å²) in [6.45, 7) is 4.58. The van der Waals surface area contributed by atoms with Crippen LogP contribution in [0.2, 0.25) is 0 Å². The second kappa shape index (κ2) is 37.3. The molecule has 0 aliphatic carbocycles. The van der Waals surface area contributed by atoms with Crippen LogP contribution in [0.3, 0.4) is 0 Å². The van der Waals surface area contributed by atoms with Crippen LogP contribution in [0.1, 0.15) is 194 Å². The number of aliphatic hydroxyl groups excluding tert-OH is 1. The Morgan fingerprint density at radius 2 is 1.04 bits per heavy atom. The van der Waals surface area contributed by atoms with Crippen LogP contribution in [0.25, 0.3) is 0 Å². The molecule has 8 nitrogen and oxygen atoms in total. The lowest BCUT2D eigenvalue weighted by Gasteiger charge is -2.29. The van der Waals surface area contributed by atoms with Gasteiger partial charge in [0.1, 0.15) is 13.2 Å². The first-order valence-electron chi connectivity index (χ1n) is 22.4. The first-order valence-corrected chi connectivity index (χ1v) is 23.8. The highest BCUT2D eigenvalue weighted by Gasteiger charge is 2.23. The molecule has 0 aliphatic rings. The summed E-state index contributed by atoms with van der Waals surface area (Å²) in [6.07, 6.45) is 44.9. The number of likely N-dealkylation sites (N-methyl/N-ethyl adjacent to an activating group) is 1. The van der Waals surface area contributed by atoms with Gasteiger partial charge >= 0.3 is 0 Å². The average molecular weight is 783 g/mol. The summed E-state index contributed by atoms with van der Waals surface area (Å²) in [5.41, 5.74) is 0. The predicted molar refractivity (Wildman–Crippen MR) is 228 cm³/mol. The number of hydrogen-bond acceptors (Lipinski definition) is 6. The third kappa shape index (κ3) is 39.0. The van der Waals surface area contributed by atoms with Gasteiger partial charge in [-0.1, -0.05) is 166 Å². The maximum Gasteiger partial charge on any atom is 0.268 e. The number of nitrogens with one attached hydrogen (secondary N) is 1. The number of hydrogen-bond donors (Lipinski definition) is 2. The van der Waals surface area contributed by atoms with Gasteiger partial charge < -0.3 is 28.8 Å². The Kier molecular flexibility index (Phi) is 36.4. The summed E-state index contributed by atoms with van der Waals surface area (Å²) in [4.78, 5) is 25.2. The number of amides is 1. The zero-order valence-corrected chi connectivity index (χ0v) is 36.8. The molecule has 318 valence electrons. The molecular weight excluding hydrogens is 695 g/mol. The van der Waals surface area contributed by atoms with Gasteiger partial charge in [0.2, 0.25) is 5.91 Å². The van der Waals surface area contributed by atoms with Gasteiger partial charge in [-0.2, -0.15) is 0 Å². The van der Waals surface area contributed by atoms with E-state index >= 15 is 0 Å². The number of phosphoric ester groups is 1. The highest BCUT2D eigenvalue weighted by atomic mass is 31.2. The van der Waals surface area contributed by atoms with Gasteiger partial charge in [-0.25, -0.2) is 0 Å². The van der Waals surface area contributed by atoms with E-state index in [1.165, 1.54) is 135 Å². The highest BCUT2D eigenvalue weighted by Crippen LogP contribution is 2.38. The van der Waals surface area contributed by atoms with E-state index in [9.17, 15) is 19.4 Å². The highest BCUT2D eigenvalue weighted by molar-refractivity contribution is 7.45. The van der Waals surface area contributed by atoms with E-state index in [1.54, 1.807) is 6.08 Å². The number of carbonyl (C=O) groups excluding carboxylic acids is 1. The molecule has 0 aromatic heterocycles. The topological polar surface area (TPSA) is 108 Å². The third-order valence-corrected chi connectivity index (χ3v) is 10.8. The third-order valence-electron chi connectivity index (χ3n) is 9.82. The molecule has 3 unspecified atom stereocenters. The minimum Gasteiger partial charge on any atom is -0.756 e. The molecule has 1 amide bonds. The second-order valence-electron chi connectivity index (χ2n) is 16.4. The Balaban J connectivity index is 4.29. The smallest absolute Gasteiger partial charge is 0.268 e. The SMILES string of the molecule is CCCCCC/C=C/CC/C=C/C(O)C(COP(=O)([O-])OCC[N+](C)(C)C)NC(=O)CCCCCCCCC/C=C\CCCCCCCCCCCCC. The van der Waals surface area contributed by atoms with E-state index in [0.717, 1.165) is 38.5 Å². The van der Waals surface area contributed by atoms with Crippen molar-refractivity contribution in [3.63, 3.8) is 0 Å². The van der Waals surface area contributed by atoms with E-state index in [0.29, 0.717) is 17.4 Å². The molecule has 0 aromatic carbocycles. The van der Waals surface area contributed by atoms with Crippen molar-refractivity contribution in [1.82, 2.24) is 5.32 Å². The second-order valence-corrected chi connectivity index (χ2v) is 17.8. The molecular formula is C45H87N2O6P. The zero-order chi connectivity index (χ0) is 40.0. The number of phosphoric acid groups is 1. The molecule has 0 aromatic rings. The van der Waals surface area contributed by atoms with E-state index < -0.39 is 26.6 Å². The Morgan fingerprint density at radius 3 is 1.52 bits per heavy atom. The maximum atomic E-state index is 12.8. The van der Waals surface area contributed by atoms with Crippen LogP contribution < -0.4 is 10.2 Å². The van der Waals surface area contributed by atoms with Crippen LogP contribution >= 0.6 is 7.82 Å². The summed E-state index contributed by atoms with van der Waals surface area (Å²) >= 11 is 0. The lowest BCUT2D eigenvalue weighted by Crippen LogP contribution is -2.45. The minimum atomic E-state index is -4.59. The molecule has 0 spiro atoms. The number of aliphatic hydroxyl groups is 1. The Bertz CT molecular complexity index is 980. The quantitative estimate of drug-likeness (QED) is 0.0277. The molecule has 0 rings (SSSR count). The van der Waals surface area contributed by atoms with Gasteiger partial charge in [-0.15, -0.1) is 0 Å². The number of unbranched alkanes of at least 4 members (excludes halogenated alkanes) is 23. The fourth-order valence-corrected chi connectivity index (χ4v) is 6.94. The maximum absolute atomic E-state index is 12.8. The fraction of sp³-hybridized carbons (Fsp3) is 0.844. The molecule has 9 heteroatoms. The predicted octanol–water partition coefficient (Wildman–Crippen LogP) is 11.7. The van der Waals surface area contributed by atoms with Crippen LogP contribution in [-0.2, 0) is 18.4 Å². The van der Waals surface area contributed by atoms with Crippen molar-refractivity contribution >= 4 is 13.7 Å². The zero-order valence-electron chi connectivity index (χ0n) is 35.9. The van der Waals surface area contributed by atoms with Crippen LogP contribution in [0.15, 0.2) is 36.5 Å². The number of carbonyl (C=O) groups is 1. The standard InChI is InChI=1S/C45H87N2O6P/c1-6-8-10-12-14-16-18-19-20-21-22-23-24-25-26-27-28-29-31-33-35-37-39-45(49)46-43(42-53-54(50,51)52-41-40-47(3,4)5)44(48)38-36-34-32-30-17-15-13-11-9-7-2/h17,24-25,30,36,38,43-44,48H,6-16,18-23,26-29,31-35,37,39-42H2,1-5H3,(H-,46,49,50,51)/b25-24-,30-17+,38-36+. The molecule has 0 saturated heterocycles. The van der Waals surface area contributed by atoms with Gasteiger partial charge in [0, 0.05) is 6.42 Å². The van der Waals surface area contributed by atoms with Gasteiger partial charge in [0.05, 0.1) is 39.9 Å². The van der Waals surface area contributed by atoms with Crippen LogP contribution in [0, 0.1) is 0 Å². The van der Waals surface area contributed by atoms with Crippen molar-refractivity contribution < 1.29 is 32.9 Å². The monoisotopic (exact) mass is 783 g/mol. The first kappa shape index (κ1) is 52.7. The molecule has 0 aliphatic heterocycles. The van der Waals surface area contributed by atoms with Gasteiger partial charge in [0.15, 0.2) is 0 Å². The van der Waals surface area contributed by atoms with E-state index in [2.05, 4.69) is 43.5 Å². The van der Waals surface area contributed by atoms with Crippen LogP contribution in [0.4, 0.5) is 0 Å². The lowest BCUT2D eigenvalue weighted by molar-refractivity contribution is -0.870. The average Bonchev–Trinajstić information content (AvgIpc) is 3.12. The van der Waals surface area contributed by atoms with Gasteiger partial charge in [0.25, 0.3) is 7.82 Å². The van der Waals surface area contributed by atoms with Crippen LogP contribution in [0.5, 0.6) is 0 Å². The van der Waals surface area contributed by atoms with Crippen molar-refractivity contribution in [2.24, 2.45) is 0 Å². The van der Waals surface area contributed by atoms with Crippen molar-refractivity contribution in [1.29, 1.82) is 0 Å². The summed E-state index contributed by atoms with van der Waals surface area (Å²) in [7, 11) is 1.24. The first-order chi connectivity index (χ1) is 26.0. The molecule has 54 heavy (non-hydrogen) atoms. The lowest BCUT2D eigenvalue weighted by atomic mass is 10.0. The fourth-order valence-electron chi connectivity index (χ4n) is 6.22. The molecule has 2 N–H and O–H groups in total. The minimum absolute atomic E-state index is 0.00750. The van der Waals surface area contributed by atoms with E-state index in [-0.39, 0.29) is 12.5 Å². The van der Waals surface area contributed by atoms with E-state index in [4.69, 9.17) is 9.05 Å². The molecule has 3 atom stereocenters. The van der Waals surface area contributed by atoms with Crippen molar-refractivity contribution in [2.45, 2.75) is 206 Å². The largest absolute Gasteiger partial charge is 0.756 e. The van der Waals surface area contributed by atoms with Crippen molar-refractivity contribution in [3.05, 3.63) is 36.5 Å². The Morgan fingerprint density at radius 1 is 0.630 bits per heavy atom. The molecule has 0 radical (unpaired) electrons. The number of quaternary nitrogens is 1. The summed E-state index contributed by atoms with van der Waals surface area (Å²) < 4.78 is 23.1. The summed E-state index contributed by atoms with van der Waals surface area (Å²) in [5, 5.41) is 13.7. The van der Waals surface area contributed by atoms with Gasteiger partial charge in [-0.05, 0) is 57.8 Å². The Labute approximate surface area is 334 Å². The Hall–Kier alpha value is -1.28. The number of rotatable bonds is 40. The van der Waals surface area contributed by atoms with E-state index in [1.807, 2.05) is 27.2 Å². The number of nitrogens with zero attached hydrogens (tertiary/aromatic N) is 1. The molecule has 0 bridgehead atoms. The normalized spacial score (nSPS) is 14.7. The molecule has 0 fully saturated rings. The summed E-state index contributed by atoms with van der Waals surface area (Å²) in [6, 6.07) is -0.902. The molecule has 0 saturated carbocycles. The van der Waals surface area contributed by atoms with Crippen LogP contribution in [-0.4, -0.2) is 68.5 Å². The van der Waals surface area contributed by atoms with Crippen molar-refractivity contribution in [2.75, 3.05) is 40.9 Å². The van der Waals surface area contributed by atoms with Crippen molar-refractivity contribution in [3.8, 4) is 0 Å². The number of allylic oxidation sites excluding steroid dienone is 5. The molecule has 0 heterocycles.